The highest BCUT2D eigenvalue weighted by Crippen LogP contribution is 2.36. The molecule has 2 heterocycles. The molecule has 3 nitrogen and oxygen atoms in total. The number of aromatic amines is 1. The summed E-state index contributed by atoms with van der Waals surface area (Å²) in [6.45, 7) is 0.313. The van der Waals surface area contributed by atoms with Gasteiger partial charge < -0.3 is 10.7 Å². The van der Waals surface area contributed by atoms with Gasteiger partial charge in [0.1, 0.15) is 0 Å². The van der Waals surface area contributed by atoms with E-state index in [1.54, 1.807) is 0 Å². The van der Waals surface area contributed by atoms with Gasteiger partial charge in [-0.15, -0.1) is 0 Å². The fourth-order valence-corrected chi connectivity index (χ4v) is 3.16. The van der Waals surface area contributed by atoms with Crippen LogP contribution in [-0.4, -0.2) is 10.7 Å². The highest BCUT2D eigenvalue weighted by atomic mass is 32.2. The van der Waals surface area contributed by atoms with Crippen LogP contribution in [0, 0.1) is 0 Å². The number of nitrogens with one attached hydrogen (secondary N) is 1. The third-order valence-corrected chi connectivity index (χ3v) is 4.18. The predicted molar refractivity (Wildman–Crippen MR) is 64.0 cm³/mol. The minimum absolute atomic E-state index is 0.0267. The molecule has 1 aromatic rings. The number of aromatic nitrogens is 1. The lowest BCUT2D eigenvalue weighted by Gasteiger charge is -2.21. The fraction of sp³-hybridized carbons (Fsp3) is 0.545. The Morgan fingerprint density at radius 1 is 1.47 bits per heavy atom. The third-order valence-electron chi connectivity index (χ3n) is 2.76. The van der Waals surface area contributed by atoms with Gasteiger partial charge in [-0.05, 0) is 24.7 Å². The molecule has 3 N–H and O–H groups in total. The molecule has 1 fully saturated rings. The molecule has 0 saturated carbocycles. The number of pyridine rings is 1. The quantitative estimate of drug-likeness (QED) is 0.805. The fourth-order valence-electron chi connectivity index (χ4n) is 1.85. The van der Waals surface area contributed by atoms with E-state index in [9.17, 15) is 4.79 Å². The summed E-state index contributed by atoms with van der Waals surface area (Å²) in [7, 11) is 0. The zero-order valence-electron chi connectivity index (χ0n) is 8.66. The van der Waals surface area contributed by atoms with Crippen LogP contribution in [0.15, 0.2) is 16.9 Å². The van der Waals surface area contributed by atoms with E-state index in [1.807, 2.05) is 23.9 Å². The van der Waals surface area contributed by atoms with E-state index in [0.29, 0.717) is 17.4 Å². The minimum atomic E-state index is -0.0267. The van der Waals surface area contributed by atoms with Gasteiger partial charge in [0.15, 0.2) is 0 Å². The molecule has 4 heteroatoms. The van der Waals surface area contributed by atoms with Crippen LogP contribution >= 0.6 is 11.8 Å². The molecule has 0 bridgehead atoms. The average Bonchev–Trinajstić information content (AvgIpc) is 2.30. The highest BCUT2D eigenvalue weighted by molar-refractivity contribution is 7.99. The Kier molecular flexibility index (Phi) is 3.49. The summed E-state index contributed by atoms with van der Waals surface area (Å²) in [6.07, 6.45) is 3.73. The number of hydrogen-bond donors (Lipinski definition) is 2. The maximum absolute atomic E-state index is 11.6. The van der Waals surface area contributed by atoms with Crippen LogP contribution in [0.5, 0.6) is 0 Å². The zero-order chi connectivity index (χ0) is 10.7. The van der Waals surface area contributed by atoms with Crippen molar-refractivity contribution in [3.63, 3.8) is 0 Å². The Bertz CT molecular complexity index is 382. The van der Waals surface area contributed by atoms with E-state index in [-0.39, 0.29) is 5.56 Å². The standard InChI is InChI=1S/C11H16N2OS/c12-7-8-4-5-9(13-11(8)14)10-3-1-2-6-15-10/h4-5,10H,1-3,6-7,12H2,(H,13,14). The van der Waals surface area contributed by atoms with Crippen molar-refractivity contribution in [1.82, 2.24) is 4.98 Å². The second-order valence-electron chi connectivity index (χ2n) is 3.83. The van der Waals surface area contributed by atoms with Crippen LogP contribution in [0.4, 0.5) is 0 Å². The Hall–Kier alpha value is -0.740. The van der Waals surface area contributed by atoms with Gasteiger partial charge in [0, 0.05) is 23.1 Å². The maximum atomic E-state index is 11.6. The summed E-state index contributed by atoms with van der Waals surface area (Å²) in [5, 5.41) is 0.471. The van der Waals surface area contributed by atoms with Crippen LogP contribution in [0.25, 0.3) is 0 Å². The van der Waals surface area contributed by atoms with Gasteiger partial charge in [0.25, 0.3) is 5.56 Å². The second-order valence-corrected chi connectivity index (χ2v) is 5.14. The van der Waals surface area contributed by atoms with Gasteiger partial charge in [0.2, 0.25) is 0 Å². The van der Waals surface area contributed by atoms with E-state index < -0.39 is 0 Å². The lowest BCUT2D eigenvalue weighted by Crippen LogP contribution is -2.18. The highest BCUT2D eigenvalue weighted by Gasteiger charge is 2.16. The summed E-state index contributed by atoms with van der Waals surface area (Å²) >= 11 is 1.94. The van der Waals surface area contributed by atoms with Crippen LogP contribution in [-0.2, 0) is 6.54 Å². The lowest BCUT2D eigenvalue weighted by molar-refractivity contribution is 0.673. The first-order valence-electron chi connectivity index (χ1n) is 5.35. The van der Waals surface area contributed by atoms with E-state index in [1.165, 1.54) is 25.0 Å². The van der Waals surface area contributed by atoms with Crippen molar-refractivity contribution in [2.45, 2.75) is 31.1 Å². The number of rotatable bonds is 2. The van der Waals surface area contributed by atoms with Crippen molar-refractivity contribution in [2.75, 3.05) is 5.75 Å². The van der Waals surface area contributed by atoms with Gasteiger partial charge >= 0.3 is 0 Å². The molecule has 1 aromatic heterocycles. The molecule has 82 valence electrons. The lowest BCUT2D eigenvalue weighted by atomic mass is 10.1. The molecule has 0 aromatic carbocycles. The third kappa shape index (κ3) is 2.44. The minimum Gasteiger partial charge on any atom is -0.326 e. The van der Waals surface area contributed by atoms with Gasteiger partial charge in [-0.25, -0.2) is 0 Å². The van der Waals surface area contributed by atoms with E-state index in [4.69, 9.17) is 5.73 Å². The molecule has 1 aliphatic heterocycles. The molecule has 1 unspecified atom stereocenters. The van der Waals surface area contributed by atoms with Crippen LogP contribution < -0.4 is 11.3 Å². The zero-order valence-corrected chi connectivity index (χ0v) is 9.48. The predicted octanol–water partition coefficient (Wildman–Crippen LogP) is 1.79. The molecule has 1 atom stereocenters. The summed E-state index contributed by atoms with van der Waals surface area (Å²) < 4.78 is 0. The molecule has 0 amide bonds. The first kappa shape index (κ1) is 10.8. The number of thioether (sulfide) groups is 1. The van der Waals surface area contributed by atoms with Crippen LogP contribution in [0.1, 0.15) is 35.8 Å². The average molecular weight is 224 g/mol. The first-order chi connectivity index (χ1) is 7.31. The summed E-state index contributed by atoms with van der Waals surface area (Å²) in [4.78, 5) is 14.5. The summed E-state index contributed by atoms with van der Waals surface area (Å²) in [5.41, 5.74) is 7.15. The van der Waals surface area contributed by atoms with Crippen molar-refractivity contribution in [3.8, 4) is 0 Å². The second kappa shape index (κ2) is 4.86. The number of hydrogen-bond acceptors (Lipinski definition) is 3. The van der Waals surface area contributed by atoms with Gasteiger partial charge in [-0.1, -0.05) is 12.5 Å². The van der Waals surface area contributed by atoms with Crippen LogP contribution in [0.3, 0.4) is 0 Å². The van der Waals surface area contributed by atoms with Gasteiger partial charge in [-0.3, -0.25) is 4.79 Å². The SMILES string of the molecule is NCc1ccc(C2CCCCS2)[nH]c1=O. The molecule has 1 aliphatic rings. The van der Waals surface area contributed by atoms with Crippen molar-refractivity contribution in [3.05, 3.63) is 33.7 Å². The molecule has 0 spiro atoms. The van der Waals surface area contributed by atoms with E-state index >= 15 is 0 Å². The smallest absolute Gasteiger partial charge is 0.252 e. The van der Waals surface area contributed by atoms with Crippen LogP contribution in [0.2, 0.25) is 0 Å². The van der Waals surface area contributed by atoms with Gasteiger partial charge in [-0.2, -0.15) is 11.8 Å². The monoisotopic (exact) mass is 224 g/mol. The molecule has 0 radical (unpaired) electrons. The molecular formula is C11H16N2OS. The topological polar surface area (TPSA) is 58.9 Å². The summed E-state index contributed by atoms with van der Waals surface area (Å²) in [5.74, 6) is 1.20. The van der Waals surface area contributed by atoms with Crippen molar-refractivity contribution < 1.29 is 0 Å². The normalized spacial score (nSPS) is 21.5. The molecule has 1 saturated heterocycles. The van der Waals surface area contributed by atoms with Crippen molar-refractivity contribution in [2.24, 2.45) is 5.73 Å². The maximum Gasteiger partial charge on any atom is 0.252 e. The molecule has 2 rings (SSSR count). The first-order valence-corrected chi connectivity index (χ1v) is 6.40. The Morgan fingerprint density at radius 3 is 2.93 bits per heavy atom. The van der Waals surface area contributed by atoms with E-state index in [0.717, 1.165) is 5.69 Å². The summed E-state index contributed by atoms with van der Waals surface area (Å²) in [6, 6.07) is 3.86. The Balaban J connectivity index is 2.21. The Labute approximate surface area is 93.5 Å². The van der Waals surface area contributed by atoms with Crippen molar-refractivity contribution >= 4 is 11.8 Å². The largest absolute Gasteiger partial charge is 0.326 e. The van der Waals surface area contributed by atoms with E-state index in [2.05, 4.69) is 4.98 Å². The number of H-pyrrole nitrogens is 1. The van der Waals surface area contributed by atoms with Gasteiger partial charge in [0.05, 0.1) is 0 Å². The number of nitrogens with two attached hydrogens (primary N) is 1. The molecule has 15 heavy (non-hydrogen) atoms. The molecular weight excluding hydrogens is 208 g/mol. The molecule has 0 aliphatic carbocycles. The van der Waals surface area contributed by atoms with Crippen molar-refractivity contribution in [1.29, 1.82) is 0 Å². The Morgan fingerprint density at radius 2 is 2.33 bits per heavy atom.